The maximum atomic E-state index is 12.1. The number of rotatable bonds is 8. The smallest absolute Gasteiger partial charge is 0.153 e. The standard InChI is InChI=1S/C12H25NO2/c1-6-12(7-2,13(3)4)11(14)9-8-10-15-5/h6-10H2,1-5H3. The number of carbonyl (C=O) groups excluding carboxylic acids is 1. The minimum Gasteiger partial charge on any atom is -0.385 e. The Balaban J connectivity index is 4.41. The lowest BCUT2D eigenvalue weighted by Gasteiger charge is -2.37. The molecule has 0 amide bonds. The maximum Gasteiger partial charge on any atom is 0.153 e. The number of carbonyl (C=O) groups is 1. The zero-order valence-electron chi connectivity index (χ0n) is 10.8. The van der Waals surface area contributed by atoms with Gasteiger partial charge < -0.3 is 4.74 Å². The molecule has 0 unspecified atom stereocenters. The van der Waals surface area contributed by atoms with E-state index in [1.807, 2.05) is 14.1 Å². The summed E-state index contributed by atoms with van der Waals surface area (Å²) in [6.45, 7) is 4.83. The highest BCUT2D eigenvalue weighted by atomic mass is 16.5. The quantitative estimate of drug-likeness (QED) is 0.581. The number of ether oxygens (including phenoxy) is 1. The number of ketones is 1. The Hall–Kier alpha value is -0.410. The van der Waals surface area contributed by atoms with Gasteiger partial charge in [0.1, 0.15) is 0 Å². The molecule has 0 saturated carbocycles. The normalized spacial score (nSPS) is 12.1. The van der Waals surface area contributed by atoms with Crippen molar-refractivity contribution in [3.05, 3.63) is 0 Å². The number of methoxy groups -OCH3 is 1. The Labute approximate surface area is 93.8 Å². The molecule has 0 aromatic heterocycles. The Morgan fingerprint density at radius 2 is 1.80 bits per heavy atom. The van der Waals surface area contributed by atoms with Crippen LogP contribution in [-0.4, -0.2) is 44.0 Å². The Morgan fingerprint density at radius 3 is 2.13 bits per heavy atom. The lowest BCUT2D eigenvalue weighted by molar-refractivity contribution is -0.130. The molecule has 0 fully saturated rings. The third-order valence-corrected chi connectivity index (χ3v) is 3.30. The summed E-state index contributed by atoms with van der Waals surface area (Å²) < 4.78 is 4.97. The van der Waals surface area contributed by atoms with E-state index in [4.69, 9.17) is 4.74 Å². The molecule has 0 aliphatic rings. The lowest BCUT2D eigenvalue weighted by Crippen LogP contribution is -2.50. The molecule has 0 heterocycles. The highest BCUT2D eigenvalue weighted by molar-refractivity contribution is 5.88. The summed E-state index contributed by atoms with van der Waals surface area (Å²) >= 11 is 0. The molecule has 3 heteroatoms. The van der Waals surface area contributed by atoms with Gasteiger partial charge in [-0.1, -0.05) is 13.8 Å². The van der Waals surface area contributed by atoms with Crippen LogP contribution in [0, 0.1) is 0 Å². The van der Waals surface area contributed by atoms with Crippen molar-refractivity contribution in [1.29, 1.82) is 0 Å². The Morgan fingerprint density at radius 1 is 1.27 bits per heavy atom. The van der Waals surface area contributed by atoms with Crippen LogP contribution in [0.15, 0.2) is 0 Å². The van der Waals surface area contributed by atoms with E-state index in [1.54, 1.807) is 7.11 Å². The third kappa shape index (κ3) is 3.58. The summed E-state index contributed by atoms with van der Waals surface area (Å²) in [6, 6.07) is 0. The first kappa shape index (κ1) is 14.6. The summed E-state index contributed by atoms with van der Waals surface area (Å²) in [5.41, 5.74) is -0.270. The van der Waals surface area contributed by atoms with Crippen LogP contribution in [0.25, 0.3) is 0 Å². The van der Waals surface area contributed by atoms with Crippen LogP contribution in [0.2, 0.25) is 0 Å². The zero-order valence-corrected chi connectivity index (χ0v) is 10.8. The molecule has 90 valence electrons. The van der Waals surface area contributed by atoms with Gasteiger partial charge in [0.25, 0.3) is 0 Å². The molecule has 0 rings (SSSR count). The summed E-state index contributed by atoms with van der Waals surface area (Å²) in [5.74, 6) is 0.342. The van der Waals surface area contributed by atoms with Gasteiger partial charge in [0, 0.05) is 20.1 Å². The van der Waals surface area contributed by atoms with Crippen molar-refractivity contribution in [1.82, 2.24) is 4.90 Å². The van der Waals surface area contributed by atoms with Crippen molar-refractivity contribution in [2.75, 3.05) is 27.8 Å². The molecular weight excluding hydrogens is 190 g/mol. The lowest BCUT2D eigenvalue weighted by atomic mass is 9.84. The van der Waals surface area contributed by atoms with Gasteiger partial charge in [-0.25, -0.2) is 0 Å². The van der Waals surface area contributed by atoms with E-state index in [0.717, 1.165) is 19.3 Å². The first-order chi connectivity index (χ1) is 7.05. The molecule has 0 aromatic carbocycles. The number of hydrogen-bond acceptors (Lipinski definition) is 3. The van der Waals surface area contributed by atoms with Crippen LogP contribution in [0.1, 0.15) is 39.5 Å². The van der Waals surface area contributed by atoms with Crippen molar-refractivity contribution in [3.63, 3.8) is 0 Å². The topological polar surface area (TPSA) is 29.5 Å². The zero-order chi connectivity index (χ0) is 11.9. The summed E-state index contributed by atoms with van der Waals surface area (Å²) in [4.78, 5) is 14.2. The van der Waals surface area contributed by atoms with E-state index in [0.29, 0.717) is 18.8 Å². The van der Waals surface area contributed by atoms with E-state index in [-0.39, 0.29) is 5.54 Å². The maximum absolute atomic E-state index is 12.1. The van der Waals surface area contributed by atoms with Gasteiger partial charge in [-0.15, -0.1) is 0 Å². The first-order valence-corrected chi connectivity index (χ1v) is 5.74. The van der Waals surface area contributed by atoms with Crippen LogP contribution < -0.4 is 0 Å². The molecule has 15 heavy (non-hydrogen) atoms. The fourth-order valence-corrected chi connectivity index (χ4v) is 2.14. The van der Waals surface area contributed by atoms with Crippen molar-refractivity contribution in [3.8, 4) is 0 Å². The molecule has 0 aliphatic heterocycles. The van der Waals surface area contributed by atoms with Gasteiger partial charge >= 0.3 is 0 Å². The van der Waals surface area contributed by atoms with E-state index in [9.17, 15) is 4.79 Å². The van der Waals surface area contributed by atoms with Gasteiger partial charge in [-0.05, 0) is 33.4 Å². The van der Waals surface area contributed by atoms with Gasteiger partial charge in [0.15, 0.2) is 5.78 Å². The fourth-order valence-electron chi connectivity index (χ4n) is 2.14. The van der Waals surface area contributed by atoms with Crippen molar-refractivity contribution in [2.24, 2.45) is 0 Å². The first-order valence-electron chi connectivity index (χ1n) is 5.74. The SMILES string of the molecule is CCC(CC)(C(=O)CCCOC)N(C)C. The molecule has 0 spiro atoms. The second-order valence-corrected chi connectivity index (χ2v) is 4.15. The number of hydrogen-bond donors (Lipinski definition) is 0. The van der Waals surface area contributed by atoms with Gasteiger partial charge in [0.05, 0.1) is 5.54 Å². The van der Waals surface area contributed by atoms with Gasteiger partial charge in [-0.2, -0.15) is 0 Å². The summed E-state index contributed by atoms with van der Waals surface area (Å²) in [7, 11) is 5.64. The molecule has 0 radical (unpaired) electrons. The van der Waals surface area contributed by atoms with E-state index in [1.165, 1.54) is 0 Å². The summed E-state index contributed by atoms with van der Waals surface area (Å²) in [5, 5.41) is 0. The predicted octanol–water partition coefficient (Wildman–Crippen LogP) is 2.10. The van der Waals surface area contributed by atoms with Gasteiger partial charge in [-0.3, -0.25) is 9.69 Å². The van der Waals surface area contributed by atoms with Crippen LogP contribution in [0.4, 0.5) is 0 Å². The van der Waals surface area contributed by atoms with Crippen molar-refractivity contribution < 1.29 is 9.53 Å². The van der Waals surface area contributed by atoms with Crippen LogP contribution in [0.5, 0.6) is 0 Å². The second-order valence-electron chi connectivity index (χ2n) is 4.15. The average molecular weight is 215 g/mol. The monoisotopic (exact) mass is 215 g/mol. The van der Waals surface area contributed by atoms with Crippen molar-refractivity contribution >= 4 is 5.78 Å². The van der Waals surface area contributed by atoms with Gasteiger partial charge in [0.2, 0.25) is 0 Å². The minimum atomic E-state index is -0.270. The Kier molecular flexibility index (Phi) is 6.77. The molecule has 0 N–H and O–H groups in total. The molecular formula is C12H25NO2. The summed E-state index contributed by atoms with van der Waals surface area (Å²) in [6.07, 6.45) is 3.20. The van der Waals surface area contributed by atoms with Crippen LogP contribution >= 0.6 is 0 Å². The average Bonchev–Trinajstić information content (AvgIpc) is 2.20. The fraction of sp³-hybridized carbons (Fsp3) is 0.917. The number of likely N-dealkylation sites (N-methyl/N-ethyl adjacent to an activating group) is 1. The van der Waals surface area contributed by atoms with Crippen LogP contribution in [0.3, 0.4) is 0 Å². The molecule has 0 aromatic rings. The molecule has 0 bridgehead atoms. The molecule has 3 nitrogen and oxygen atoms in total. The molecule has 0 atom stereocenters. The van der Waals surface area contributed by atoms with Crippen LogP contribution in [-0.2, 0) is 9.53 Å². The minimum absolute atomic E-state index is 0.270. The van der Waals surface area contributed by atoms with Crippen molar-refractivity contribution in [2.45, 2.75) is 45.1 Å². The number of Topliss-reactive ketones (excluding diaryl/α,β-unsaturated/α-hetero) is 1. The largest absolute Gasteiger partial charge is 0.385 e. The molecule has 0 aliphatic carbocycles. The third-order valence-electron chi connectivity index (χ3n) is 3.30. The Bertz CT molecular complexity index is 186. The predicted molar refractivity (Wildman–Crippen MR) is 63.1 cm³/mol. The van der Waals surface area contributed by atoms with E-state index >= 15 is 0 Å². The second kappa shape index (κ2) is 6.96. The van der Waals surface area contributed by atoms with E-state index in [2.05, 4.69) is 18.7 Å². The number of nitrogens with zero attached hydrogens (tertiary/aromatic N) is 1. The molecule has 0 saturated heterocycles. The van der Waals surface area contributed by atoms with E-state index < -0.39 is 0 Å². The highest BCUT2D eigenvalue weighted by Gasteiger charge is 2.35. The highest BCUT2D eigenvalue weighted by Crippen LogP contribution is 2.24.